The molecule has 0 saturated heterocycles. The zero-order valence-corrected chi connectivity index (χ0v) is 18.2. The second-order valence-electron chi connectivity index (χ2n) is 6.54. The maximum absolute atomic E-state index is 13.2. The number of carbonyl (C=O) groups is 2. The smallest absolute Gasteiger partial charge is 0.278 e. The number of rotatable bonds is 9. The van der Waals surface area contributed by atoms with Crippen LogP contribution in [0.15, 0.2) is 48.2 Å². The number of benzene rings is 2. The number of imide groups is 1. The first-order chi connectivity index (χ1) is 14.5. The number of hydrogen-bond acceptors (Lipinski definition) is 5. The Hall–Kier alpha value is -2.54. The number of nitrogens with zero attached hydrogens (tertiary/aromatic N) is 1. The maximum atomic E-state index is 13.2. The van der Waals surface area contributed by atoms with E-state index in [4.69, 9.17) is 32.7 Å². The van der Waals surface area contributed by atoms with Gasteiger partial charge in [0.05, 0.1) is 17.7 Å². The molecule has 0 saturated carbocycles. The zero-order chi connectivity index (χ0) is 21.7. The first kappa shape index (κ1) is 22.2. The summed E-state index contributed by atoms with van der Waals surface area (Å²) >= 11 is 12.4. The van der Waals surface area contributed by atoms with Crippen molar-refractivity contribution >= 4 is 46.3 Å². The molecule has 3 rings (SSSR count). The van der Waals surface area contributed by atoms with Crippen molar-refractivity contribution in [2.75, 3.05) is 32.2 Å². The Morgan fingerprint density at radius 3 is 2.40 bits per heavy atom. The van der Waals surface area contributed by atoms with E-state index in [0.29, 0.717) is 46.7 Å². The Kier molecular flexibility index (Phi) is 7.37. The molecule has 0 unspecified atom stereocenters. The highest BCUT2D eigenvalue weighted by atomic mass is 35.5. The van der Waals surface area contributed by atoms with E-state index in [1.807, 2.05) is 6.92 Å². The van der Waals surface area contributed by atoms with Gasteiger partial charge in [-0.05, 0) is 49.7 Å². The predicted molar refractivity (Wildman–Crippen MR) is 118 cm³/mol. The number of ether oxygens (including phenoxy) is 2. The average Bonchev–Trinajstić information content (AvgIpc) is 2.96. The highest BCUT2D eigenvalue weighted by molar-refractivity contribution is 6.41. The maximum Gasteiger partial charge on any atom is 0.278 e. The molecule has 0 bridgehead atoms. The van der Waals surface area contributed by atoms with Gasteiger partial charge in [0.1, 0.15) is 11.4 Å². The van der Waals surface area contributed by atoms with Gasteiger partial charge in [-0.15, -0.1) is 0 Å². The number of methoxy groups -OCH3 is 1. The van der Waals surface area contributed by atoms with Crippen LogP contribution in [0.3, 0.4) is 0 Å². The van der Waals surface area contributed by atoms with Crippen LogP contribution in [0.1, 0.15) is 18.9 Å². The number of halogens is 2. The van der Waals surface area contributed by atoms with E-state index in [1.54, 1.807) is 49.6 Å². The van der Waals surface area contributed by atoms with E-state index in [1.165, 1.54) is 4.90 Å². The van der Waals surface area contributed by atoms with Gasteiger partial charge in [0, 0.05) is 36.0 Å². The van der Waals surface area contributed by atoms with E-state index in [-0.39, 0.29) is 17.8 Å². The third-order valence-electron chi connectivity index (χ3n) is 4.60. The van der Waals surface area contributed by atoms with Crippen molar-refractivity contribution in [2.45, 2.75) is 13.3 Å². The fourth-order valence-electron chi connectivity index (χ4n) is 3.12. The van der Waals surface area contributed by atoms with Crippen LogP contribution in [0.5, 0.6) is 5.75 Å². The Labute approximate surface area is 185 Å². The molecular formula is C22H22Cl2N2O4. The van der Waals surface area contributed by atoms with Crippen LogP contribution in [-0.4, -0.2) is 43.6 Å². The lowest BCUT2D eigenvalue weighted by Gasteiger charge is -2.15. The molecule has 158 valence electrons. The lowest BCUT2D eigenvalue weighted by Crippen LogP contribution is -2.34. The van der Waals surface area contributed by atoms with E-state index in [0.717, 1.165) is 0 Å². The van der Waals surface area contributed by atoms with E-state index in [2.05, 4.69) is 5.32 Å². The molecule has 0 atom stereocenters. The Balaban J connectivity index is 1.96. The highest BCUT2D eigenvalue weighted by Crippen LogP contribution is 2.35. The minimum Gasteiger partial charge on any atom is -0.497 e. The molecule has 0 fully saturated rings. The first-order valence-corrected chi connectivity index (χ1v) is 10.3. The van der Waals surface area contributed by atoms with Gasteiger partial charge in [-0.3, -0.25) is 14.5 Å². The van der Waals surface area contributed by atoms with Gasteiger partial charge in [-0.1, -0.05) is 29.3 Å². The van der Waals surface area contributed by atoms with Gasteiger partial charge >= 0.3 is 0 Å². The van der Waals surface area contributed by atoms with Crippen LogP contribution in [0.25, 0.3) is 5.57 Å². The first-order valence-electron chi connectivity index (χ1n) is 9.51. The molecule has 0 aromatic heterocycles. The van der Waals surface area contributed by atoms with Gasteiger partial charge in [-0.2, -0.15) is 0 Å². The SMILES string of the molecule is CCOCCCN1C(=O)C(Nc2ccc(OC)cc2)=C(c2ccc(Cl)cc2Cl)C1=O. The van der Waals surface area contributed by atoms with Gasteiger partial charge in [0.15, 0.2) is 0 Å². The summed E-state index contributed by atoms with van der Waals surface area (Å²) < 4.78 is 10.5. The largest absolute Gasteiger partial charge is 0.497 e. The van der Waals surface area contributed by atoms with Crippen LogP contribution in [0.4, 0.5) is 5.69 Å². The van der Waals surface area contributed by atoms with Gasteiger partial charge < -0.3 is 14.8 Å². The molecule has 30 heavy (non-hydrogen) atoms. The van der Waals surface area contributed by atoms with Crippen molar-refractivity contribution in [1.29, 1.82) is 0 Å². The van der Waals surface area contributed by atoms with E-state index in [9.17, 15) is 9.59 Å². The molecule has 1 N–H and O–H groups in total. The summed E-state index contributed by atoms with van der Waals surface area (Å²) in [6, 6.07) is 11.9. The standard InChI is InChI=1S/C22H22Cl2N2O4/c1-3-30-12-4-11-26-21(27)19(17-10-5-14(23)13-18(17)24)20(22(26)28)25-15-6-8-16(29-2)9-7-15/h5-10,13,25H,3-4,11-12H2,1-2H3. The van der Waals surface area contributed by atoms with Crippen molar-refractivity contribution in [3.8, 4) is 5.75 Å². The van der Waals surface area contributed by atoms with Crippen LogP contribution < -0.4 is 10.1 Å². The van der Waals surface area contributed by atoms with Crippen LogP contribution in [-0.2, 0) is 14.3 Å². The number of hydrogen-bond donors (Lipinski definition) is 1. The molecular weight excluding hydrogens is 427 g/mol. The van der Waals surface area contributed by atoms with Gasteiger partial charge in [-0.25, -0.2) is 0 Å². The lowest BCUT2D eigenvalue weighted by molar-refractivity contribution is -0.137. The Morgan fingerprint density at radius 1 is 1.03 bits per heavy atom. The summed E-state index contributed by atoms with van der Waals surface area (Å²) in [5.74, 6) is -0.132. The summed E-state index contributed by atoms with van der Waals surface area (Å²) in [4.78, 5) is 27.5. The quantitative estimate of drug-likeness (QED) is 0.447. The van der Waals surface area contributed by atoms with Crippen LogP contribution in [0, 0.1) is 0 Å². The molecule has 8 heteroatoms. The fourth-order valence-corrected chi connectivity index (χ4v) is 3.63. The third-order valence-corrected chi connectivity index (χ3v) is 5.15. The molecule has 0 aliphatic carbocycles. The Bertz CT molecular complexity index is 974. The molecule has 2 aromatic rings. The van der Waals surface area contributed by atoms with Crippen LogP contribution in [0.2, 0.25) is 10.0 Å². The molecule has 2 amide bonds. The van der Waals surface area contributed by atoms with Crippen molar-refractivity contribution < 1.29 is 19.1 Å². The molecule has 2 aromatic carbocycles. The summed E-state index contributed by atoms with van der Waals surface area (Å²) in [6.45, 7) is 3.19. The average molecular weight is 449 g/mol. The van der Waals surface area contributed by atoms with Crippen molar-refractivity contribution in [3.63, 3.8) is 0 Å². The number of carbonyl (C=O) groups excluding carboxylic acids is 2. The highest BCUT2D eigenvalue weighted by Gasteiger charge is 2.39. The summed E-state index contributed by atoms with van der Waals surface area (Å²) in [6.07, 6.45) is 0.544. The normalized spacial score (nSPS) is 13.9. The Morgan fingerprint density at radius 2 is 1.77 bits per heavy atom. The molecule has 1 aliphatic rings. The van der Waals surface area contributed by atoms with Crippen molar-refractivity contribution in [3.05, 3.63) is 63.8 Å². The van der Waals surface area contributed by atoms with Crippen molar-refractivity contribution in [1.82, 2.24) is 4.90 Å². The molecule has 0 radical (unpaired) electrons. The summed E-state index contributed by atoms with van der Waals surface area (Å²) in [5.41, 5.74) is 1.48. The summed E-state index contributed by atoms with van der Waals surface area (Å²) in [5, 5.41) is 3.82. The second kappa shape index (κ2) is 9.98. The second-order valence-corrected chi connectivity index (χ2v) is 7.38. The molecule has 6 nitrogen and oxygen atoms in total. The zero-order valence-electron chi connectivity index (χ0n) is 16.7. The lowest BCUT2D eigenvalue weighted by atomic mass is 10.0. The van der Waals surface area contributed by atoms with E-state index < -0.39 is 11.8 Å². The molecule has 0 spiro atoms. The minimum absolute atomic E-state index is 0.172. The number of amides is 2. The predicted octanol–water partition coefficient (Wildman–Crippen LogP) is 4.62. The fraction of sp³-hybridized carbons (Fsp3) is 0.273. The third kappa shape index (κ3) is 4.78. The van der Waals surface area contributed by atoms with E-state index >= 15 is 0 Å². The summed E-state index contributed by atoms with van der Waals surface area (Å²) in [7, 11) is 1.57. The van der Waals surface area contributed by atoms with Gasteiger partial charge in [0.2, 0.25) is 0 Å². The number of nitrogens with one attached hydrogen (secondary N) is 1. The van der Waals surface area contributed by atoms with Gasteiger partial charge in [0.25, 0.3) is 11.8 Å². The number of anilines is 1. The molecule has 1 aliphatic heterocycles. The van der Waals surface area contributed by atoms with Crippen LogP contribution >= 0.6 is 23.2 Å². The monoisotopic (exact) mass is 448 g/mol. The molecule has 1 heterocycles. The topological polar surface area (TPSA) is 67.9 Å². The van der Waals surface area contributed by atoms with Crippen molar-refractivity contribution in [2.24, 2.45) is 0 Å². The minimum atomic E-state index is -0.409.